The minimum absolute atomic E-state index is 0.325. The lowest BCUT2D eigenvalue weighted by Gasteiger charge is -2.16. The molecule has 2 aromatic rings. The molecule has 1 aromatic heterocycles. The highest BCUT2D eigenvalue weighted by atomic mass is 79.9. The third-order valence-electron chi connectivity index (χ3n) is 2.95. The van der Waals surface area contributed by atoms with Crippen LogP contribution in [-0.2, 0) is 6.42 Å². The molecule has 2 rings (SSSR count). The molecular weight excluding hydrogens is 310 g/mol. The van der Waals surface area contributed by atoms with Gasteiger partial charge in [-0.2, -0.15) is 0 Å². The Labute approximate surface area is 120 Å². The summed E-state index contributed by atoms with van der Waals surface area (Å²) in [6, 6.07) is 10.7. The summed E-state index contributed by atoms with van der Waals surface area (Å²) in [6.45, 7) is 0. The number of hydrogen-bond acceptors (Lipinski definition) is 3. The summed E-state index contributed by atoms with van der Waals surface area (Å²) in [6.07, 6.45) is 0.987. The molecular formula is C14H16BrNOS. The first-order chi connectivity index (χ1) is 8.74. The second-order valence-corrected chi connectivity index (χ2v) is 5.87. The van der Waals surface area contributed by atoms with Crippen LogP contribution in [0, 0.1) is 0 Å². The fraction of sp³-hybridized carbons (Fsp3) is 0.286. The van der Waals surface area contributed by atoms with E-state index in [-0.39, 0.29) is 0 Å². The molecule has 0 fully saturated rings. The molecule has 1 aromatic carbocycles. The predicted molar refractivity (Wildman–Crippen MR) is 80.5 cm³/mol. The number of nitrogens with one attached hydrogen (secondary N) is 1. The zero-order chi connectivity index (χ0) is 13.0. The Kier molecular flexibility index (Phi) is 4.80. The van der Waals surface area contributed by atoms with Crippen LogP contribution in [-0.4, -0.2) is 14.2 Å². The van der Waals surface area contributed by atoms with Crippen molar-refractivity contribution in [1.82, 2.24) is 5.32 Å². The van der Waals surface area contributed by atoms with E-state index in [1.54, 1.807) is 18.4 Å². The van der Waals surface area contributed by atoms with Gasteiger partial charge in [-0.05, 0) is 52.1 Å². The molecule has 0 spiro atoms. The molecule has 96 valence electrons. The molecule has 0 saturated carbocycles. The number of methoxy groups -OCH3 is 1. The summed E-state index contributed by atoms with van der Waals surface area (Å²) < 4.78 is 6.38. The van der Waals surface area contributed by atoms with Gasteiger partial charge in [0, 0.05) is 21.8 Å². The van der Waals surface area contributed by atoms with E-state index in [0.29, 0.717) is 6.04 Å². The number of benzene rings is 1. The number of rotatable bonds is 5. The largest absolute Gasteiger partial charge is 0.497 e. The van der Waals surface area contributed by atoms with Crippen LogP contribution in [0.3, 0.4) is 0 Å². The summed E-state index contributed by atoms with van der Waals surface area (Å²) >= 11 is 5.37. The highest BCUT2D eigenvalue weighted by molar-refractivity contribution is 9.10. The first kappa shape index (κ1) is 13.6. The maximum Gasteiger partial charge on any atom is 0.118 e. The number of ether oxygens (including phenoxy) is 1. The highest BCUT2D eigenvalue weighted by Crippen LogP contribution is 2.28. The van der Waals surface area contributed by atoms with Crippen molar-refractivity contribution in [2.45, 2.75) is 12.5 Å². The maximum absolute atomic E-state index is 5.18. The van der Waals surface area contributed by atoms with E-state index in [1.807, 2.05) is 19.2 Å². The third-order valence-corrected chi connectivity index (χ3v) is 4.90. The van der Waals surface area contributed by atoms with Crippen molar-refractivity contribution in [3.05, 3.63) is 50.6 Å². The van der Waals surface area contributed by atoms with E-state index >= 15 is 0 Å². The summed E-state index contributed by atoms with van der Waals surface area (Å²) in [5.41, 5.74) is 1.28. The second-order valence-electron chi connectivity index (χ2n) is 4.01. The van der Waals surface area contributed by atoms with Crippen LogP contribution < -0.4 is 10.1 Å². The monoisotopic (exact) mass is 325 g/mol. The molecule has 4 heteroatoms. The van der Waals surface area contributed by atoms with Gasteiger partial charge in [0.25, 0.3) is 0 Å². The molecule has 0 aliphatic rings. The van der Waals surface area contributed by atoms with Crippen molar-refractivity contribution >= 4 is 27.3 Å². The molecule has 1 N–H and O–H groups in total. The van der Waals surface area contributed by atoms with Crippen LogP contribution in [0.5, 0.6) is 5.75 Å². The zero-order valence-electron chi connectivity index (χ0n) is 10.4. The molecule has 0 aliphatic carbocycles. The van der Waals surface area contributed by atoms with Crippen LogP contribution in [0.15, 0.2) is 40.2 Å². The fourth-order valence-electron chi connectivity index (χ4n) is 1.88. The van der Waals surface area contributed by atoms with Crippen molar-refractivity contribution in [3.63, 3.8) is 0 Å². The molecule has 2 nitrogen and oxygen atoms in total. The average molecular weight is 326 g/mol. The van der Waals surface area contributed by atoms with Gasteiger partial charge < -0.3 is 10.1 Å². The van der Waals surface area contributed by atoms with Crippen molar-refractivity contribution in [2.24, 2.45) is 0 Å². The van der Waals surface area contributed by atoms with Gasteiger partial charge in [0.2, 0.25) is 0 Å². The number of thiophene rings is 1. The van der Waals surface area contributed by atoms with Gasteiger partial charge in [0.1, 0.15) is 5.75 Å². The average Bonchev–Trinajstić information content (AvgIpc) is 2.81. The van der Waals surface area contributed by atoms with Crippen molar-refractivity contribution < 1.29 is 4.74 Å². The fourth-order valence-corrected chi connectivity index (χ4v) is 3.44. The van der Waals surface area contributed by atoms with E-state index in [9.17, 15) is 0 Å². The summed E-state index contributed by atoms with van der Waals surface area (Å²) in [5, 5.41) is 5.48. The van der Waals surface area contributed by atoms with Gasteiger partial charge in [-0.15, -0.1) is 11.3 Å². The Hall–Kier alpha value is -0.840. The number of halogens is 1. The van der Waals surface area contributed by atoms with E-state index in [1.165, 1.54) is 14.9 Å². The normalized spacial score (nSPS) is 12.4. The van der Waals surface area contributed by atoms with Crippen molar-refractivity contribution in [2.75, 3.05) is 14.2 Å². The standard InChI is InChI=1S/C14H16BrNOS/c1-16-13(9-14-12(15)7-8-18-14)10-3-5-11(17-2)6-4-10/h3-8,13,16H,9H2,1-2H3. The van der Waals surface area contributed by atoms with Gasteiger partial charge in [0.15, 0.2) is 0 Å². The van der Waals surface area contributed by atoms with Crippen LogP contribution in [0.25, 0.3) is 0 Å². The minimum Gasteiger partial charge on any atom is -0.497 e. The Bertz CT molecular complexity index is 495. The Morgan fingerprint density at radius 2 is 2.00 bits per heavy atom. The summed E-state index contributed by atoms with van der Waals surface area (Å²) in [7, 11) is 3.68. The van der Waals surface area contributed by atoms with E-state index in [4.69, 9.17) is 4.74 Å². The molecule has 0 aliphatic heterocycles. The first-order valence-corrected chi connectivity index (χ1v) is 7.45. The Morgan fingerprint density at radius 1 is 1.28 bits per heavy atom. The first-order valence-electron chi connectivity index (χ1n) is 5.77. The van der Waals surface area contributed by atoms with Crippen molar-refractivity contribution in [1.29, 1.82) is 0 Å². The number of likely N-dealkylation sites (N-methyl/N-ethyl adjacent to an activating group) is 1. The Morgan fingerprint density at radius 3 is 2.50 bits per heavy atom. The smallest absolute Gasteiger partial charge is 0.118 e. The van der Waals surface area contributed by atoms with Gasteiger partial charge in [-0.25, -0.2) is 0 Å². The molecule has 18 heavy (non-hydrogen) atoms. The predicted octanol–water partition coefficient (Wildman–Crippen LogP) is 4.02. The zero-order valence-corrected chi connectivity index (χ0v) is 12.8. The topological polar surface area (TPSA) is 21.3 Å². The van der Waals surface area contributed by atoms with Gasteiger partial charge in [-0.1, -0.05) is 12.1 Å². The molecule has 1 unspecified atom stereocenters. The quantitative estimate of drug-likeness (QED) is 0.896. The molecule has 1 atom stereocenters. The molecule has 0 bridgehead atoms. The van der Waals surface area contributed by atoms with Gasteiger partial charge in [0.05, 0.1) is 7.11 Å². The van der Waals surface area contributed by atoms with Gasteiger partial charge in [-0.3, -0.25) is 0 Å². The highest BCUT2D eigenvalue weighted by Gasteiger charge is 2.12. The molecule has 0 amide bonds. The molecule has 1 heterocycles. The lowest BCUT2D eigenvalue weighted by Crippen LogP contribution is -2.18. The van der Waals surface area contributed by atoms with Crippen LogP contribution in [0.2, 0.25) is 0 Å². The third kappa shape index (κ3) is 3.13. The SMILES string of the molecule is CNC(Cc1sccc1Br)c1ccc(OC)cc1. The maximum atomic E-state index is 5.18. The lowest BCUT2D eigenvalue weighted by molar-refractivity contribution is 0.414. The van der Waals surface area contributed by atoms with Gasteiger partial charge >= 0.3 is 0 Å². The second kappa shape index (κ2) is 6.36. The molecule has 0 radical (unpaired) electrons. The number of hydrogen-bond donors (Lipinski definition) is 1. The van der Waals surface area contributed by atoms with E-state index in [2.05, 4.69) is 44.8 Å². The van der Waals surface area contributed by atoms with Crippen LogP contribution in [0.4, 0.5) is 0 Å². The molecule has 0 saturated heterocycles. The van der Waals surface area contributed by atoms with Crippen molar-refractivity contribution in [3.8, 4) is 5.75 Å². The lowest BCUT2D eigenvalue weighted by atomic mass is 10.0. The summed E-state index contributed by atoms with van der Waals surface area (Å²) in [4.78, 5) is 1.37. The van der Waals surface area contributed by atoms with E-state index in [0.717, 1.165) is 12.2 Å². The van der Waals surface area contributed by atoms with E-state index < -0.39 is 0 Å². The Balaban J connectivity index is 2.15. The minimum atomic E-state index is 0.325. The van der Waals surface area contributed by atoms with Crippen LogP contribution in [0.1, 0.15) is 16.5 Å². The summed E-state index contributed by atoms with van der Waals surface area (Å²) in [5.74, 6) is 0.894. The van der Waals surface area contributed by atoms with Crippen LogP contribution >= 0.6 is 27.3 Å².